The number of fused-ring (bicyclic) bond motifs is 1. The average Bonchev–Trinajstić information content (AvgIpc) is 2.82. The molecule has 4 rings (SSSR count). The molecule has 0 aliphatic carbocycles. The normalized spacial score (nSPS) is 12.0. The lowest BCUT2D eigenvalue weighted by Gasteiger charge is -2.30. The number of para-hydroxylation sites is 1. The number of benzene rings is 3. The Bertz CT molecular complexity index is 1410. The van der Waals surface area contributed by atoms with Crippen molar-refractivity contribution in [2.75, 3.05) is 6.54 Å². The van der Waals surface area contributed by atoms with Gasteiger partial charge in [-0.25, -0.2) is 4.98 Å². The number of carbonyl (C=O) groups is 1. The number of hydrogen-bond donors (Lipinski definition) is 0. The van der Waals surface area contributed by atoms with Gasteiger partial charge in [0.2, 0.25) is 0 Å². The summed E-state index contributed by atoms with van der Waals surface area (Å²) in [5, 5.41) is 1.27. The van der Waals surface area contributed by atoms with E-state index in [4.69, 9.17) is 28.2 Å². The summed E-state index contributed by atoms with van der Waals surface area (Å²) < 4.78 is 1.60. The first-order valence-electron chi connectivity index (χ1n) is 11.2. The van der Waals surface area contributed by atoms with Crippen LogP contribution in [0.15, 0.2) is 71.5 Å². The van der Waals surface area contributed by atoms with Crippen molar-refractivity contribution in [1.29, 1.82) is 0 Å². The van der Waals surface area contributed by atoms with E-state index in [9.17, 15) is 9.59 Å². The lowest BCUT2D eigenvalue weighted by Crippen LogP contribution is -2.38. The topological polar surface area (TPSA) is 55.2 Å². The standard InChI is InChI=1S/C27H25Cl2N3O2/c1-4-15-31(26(33)21-14-11-19(28)16-23(21)29)18(3)25-30-24-8-6-5-7-22(24)27(34)32(25)20-12-9-17(2)10-13-20/h5-14,16,18H,4,15H2,1-3H3. The Labute approximate surface area is 208 Å². The predicted octanol–water partition coefficient (Wildman–Crippen LogP) is 6.61. The van der Waals surface area contributed by atoms with Crippen LogP contribution in [0.25, 0.3) is 16.6 Å². The van der Waals surface area contributed by atoms with Gasteiger partial charge in [0.25, 0.3) is 11.5 Å². The minimum absolute atomic E-state index is 0.176. The summed E-state index contributed by atoms with van der Waals surface area (Å²) in [6.07, 6.45) is 0.726. The Morgan fingerprint density at radius 3 is 2.44 bits per heavy atom. The highest BCUT2D eigenvalue weighted by atomic mass is 35.5. The van der Waals surface area contributed by atoms with Gasteiger partial charge in [0, 0.05) is 11.6 Å². The molecule has 0 aliphatic heterocycles. The average molecular weight is 494 g/mol. The monoisotopic (exact) mass is 493 g/mol. The molecule has 0 saturated carbocycles. The fraction of sp³-hybridized carbons (Fsp3) is 0.222. The molecule has 7 heteroatoms. The number of nitrogens with zero attached hydrogens (tertiary/aromatic N) is 3. The van der Waals surface area contributed by atoms with Gasteiger partial charge < -0.3 is 4.90 Å². The molecule has 1 unspecified atom stereocenters. The zero-order chi connectivity index (χ0) is 24.4. The number of amides is 1. The highest BCUT2D eigenvalue weighted by Gasteiger charge is 2.28. The van der Waals surface area contributed by atoms with Gasteiger partial charge in [0.15, 0.2) is 0 Å². The number of halogens is 2. The van der Waals surface area contributed by atoms with Gasteiger partial charge in [-0.05, 0) is 62.7 Å². The van der Waals surface area contributed by atoms with Gasteiger partial charge in [0.05, 0.1) is 33.2 Å². The van der Waals surface area contributed by atoms with Crippen molar-refractivity contribution in [3.05, 3.63) is 104 Å². The van der Waals surface area contributed by atoms with Crippen LogP contribution >= 0.6 is 23.2 Å². The van der Waals surface area contributed by atoms with E-state index in [0.29, 0.717) is 39.5 Å². The largest absolute Gasteiger partial charge is 0.329 e. The maximum atomic E-state index is 13.6. The molecule has 1 amide bonds. The molecule has 0 aliphatic rings. The molecule has 0 fully saturated rings. The van der Waals surface area contributed by atoms with Crippen LogP contribution in [0.3, 0.4) is 0 Å². The van der Waals surface area contributed by atoms with Gasteiger partial charge in [-0.15, -0.1) is 0 Å². The molecule has 174 valence electrons. The molecule has 1 atom stereocenters. The van der Waals surface area contributed by atoms with E-state index in [-0.39, 0.29) is 16.5 Å². The molecule has 1 aromatic heterocycles. The first-order valence-corrected chi connectivity index (χ1v) is 11.9. The van der Waals surface area contributed by atoms with E-state index in [1.807, 2.05) is 63.2 Å². The Hall–Kier alpha value is -3.15. The van der Waals surface area contributed by atoms with Crippen molar-refractivity contribution >= 4 is 40.0 Å². The number of hydrogen-bond acceptors (Lipinski definition) is 3. The van der Waals surface area contributed by atoms with Crippen LogP contribution in [-0.2, 0) is 0 Å². The Balaban J connectivity index is 1.90. The number of aromatic nitrogens is 2. The van der Waals surface area contributed by atoms with Gasteiger partial charge >= 0.3 is 0 Å². The fourth-order valence-electron chi connectivity index (χ4n) is 4.04. The minimum atomic E-state index is -0.502. The summed E-state index contributed by atoms with van der Waals surface area (Å²) in [7, 11) is 0. The number of carbonyl (C=O) groups excluding carboxylic acids is 1. The zero-order valence-electron chi connectivity index (χ0n) is 19.3. The smallest absolute Gasteiger partial charge is 0.266 e. The second-order valence-electron chi connectivity index (χ2n) is 8.26. The number of aryl methyl sites for hydroxylation is 1. The molecule has 34 heavy (non-hydrogen) atoms. The maximum Gasteiger partial charge on any atom is 0.266 e. The molecule has 0 spiro atoms. The Morgan fingerprint density at radius 1 is 1.06 bits per heavy atom. The zero-order valence-corrected chi connectivity index (χ0v) is 20.8. The lowest BCUT2D eigenvalue weighted by atomic mass is 10.1. The summed E-state index contributed by atoms with van der Waals surface area (Å²) >= 11 is 12.4. The molecule has 4 aromatic rings. The van der Waals surface area contributed by atoms with E-state index in [1.54, 1.807) is 33.7 Å². The fourth-order valence-corrected chi connectivity index (χ4v) is 4.53. The Morgan fingerprint density at radius 2 is 1.76 bits per heavy atom. The Kier molecular flexibility index (Phi) is 7.05. The van der Waals surface area contributed by atoms with E-state index >= 15 is 0 Å². The van der Waals surface area contributed by atoms with E-state index < -0.39 is 6.04 Å². The van der Waals surface area contributed by atoms with Crippen molar-refractivity contribution in [1.82, 2.24) is 14.5 Å². The molecule has 3 aromatic carbocycles. The maximum absolute atomic E-state index is 13.6. The molecule has 0 saturated heterocycles. The number of rotatable bonds is 6. The second kappa shape index (κ2) is 10.00. The molecule has 1 heterocycles. The highest BCUT2D eigenvalue weighted by Crippen LogP contribution is 2.28. The summed E-state index contributed by atoms with van der Waals surface area (Å²) in [4.78, 5) is 33.8. The van der Waals surface area contributed by atoms with Crippen molar-refractivity contribution in [3.8, 4) is 5.69 Å². The van der Waals surface area contributed by atoms with Crippen LogP contribution in [0, 0.1) is 6.92 Å². The van der Waals surface area contributed by atoms with Crippen LogP contribution in [0.2, 0.25) is 10.0 Å². The van der Waals surface area contributed by atoms with E-state index in [2.05, 4.69) is 0 Å². The van der Waals surface area contributed by atoms with Gasteiger partial charge in [-0.2, -0.15) is 0 Å². The second-order valence-corrected chi connectivity index (χ2v) is 9.11. The predicted molar refractivity (Wildman–Crippen MR) is 138 cm³/mol. The van der Waals surface area contributed by atoms with Crippen molar-refractivity contribution < 1.29 is 4.79 Å². The molecule has 5 nitrogen and oxygen atoms in total. The summed E-state index contributed by atoms with van der Waals surface area (Å²) in [6.45, 7) is 6.34. The molecular formula is C27H25Cl2N3O2. The molecule has 0 bridgehead atoms. The van der Waals surface area contributed by atoms with Gasteiger partial charge in [-0.3, -0.25) is 14.2 Å². The summed E-state index contributed by atoms with van der Waals surface area (Å²) in [5.41, 5.74) is 2.55. The van der Waals surface area contributed by atoms with Gasteiger partial charge in [0.1, 0.15) is 5.82 Å². The third kappa shape index (κ3) is 4.59. The first kappa shape index (κ1) is 24.0. The lowest BCUT2D eigenvalue weighted by molar-refractivity contribution is 0.0681. The summed E-state index contributed by atoms with van der Waals surface area (Å²) in [6, 6.07) is 19.3. The van der Waals surface area contributed by atoms with E-state index in [1.165, 1.54) is 0 Å². The first-order chi connectivity index (χ1) is 16.3. The molecule has 0 N–H and O–H groups in total. The van der Waals surface area contributed by atoms with Crippen LogP contribution in [0.4, 0.5) is 0 Å². The SMILES string of the molecule is CCCN(C(=O)c1ccc(Cl)cc1Cl)C(C)c1nc2ccccc2c(=O)n1-c1ccc(C)cc1. The van der Waals surface area contributed by atoms with Crippen LogP contribution in [0.5, 0.6) is 0 Å². The van der Waals surface area contributed by atoms with Crippen molar-refractivity contribution in [2.24, 2.45) is 0 Å². The third-order valence-electron chi connectivity index (χ3n) is 5.82. The van der Waals surface area contributed by atoms with Gasteiger partial charge in [-0.1, -0.05) is 60.0 Å². The van der Waals surface area contributed by atoms with Crippen LogP contribution in [0.1, 0.15) is 48.1 Å². The van der Waals surface area contributed by atoms with Crippen molar-refractivity contribution in [2.45, 2.75) is 33.2 Å². The minimum Gasteiger partial charge on any atom is -0.329 e. The van der Waals surface area contributed by atoms with Crippen LogP contribution < -0.4 is 5.56 Å². The highest BCUT2D eigenvalue weighted by molar-refractivity contribution is 6.36. The van der Waals surface area contributed by atoms with Crippen molar-refractivity contribution in [3.63, 3.8) is 0 Å². The third-order valence-corrected chi connectivity index (χ3v) is 6.37. The quantitative estimate of drug-likeness (QED) is 0.303. The summed E-state index contributed by atoms with van der Waals surface area (Å²) in [5.74, 6) is 0.244. The van der Waals surface area contributed by atoms with E-state index in [0.717, 1.165) is 12.0 Å². The molecular weight excluding hydrogens is 469 g/mol. The van der Waals surface area contributed by atoms with Crippen LogP contribution in [-0.4, -0.2) is 26.9 Å². The molecule has 0 radical (unpaired) electrons.